The van der Waals surface area contributed by atoms with Gasteiger partial charge in [0.1, 0.15) is 17.3 Å². The van der Waals surface area contributed by atoms with Gasteiger partial charge in [0.2, 0.25) is 0 Å². The van der Waals surface area contributed by atoms with E-state index < -0.39 is 0 Å². The van der Waals surface area contributed by atoms with Gasteiger partial charge in [0.05, 0.1) is 0 Å². The molecule has 0 saturated carbocycles. The molecule has 2 aromatic carbocycles. The van der Waals surface area contributed by atoms with Crippen LogP contribution in [0.4, 0.5) is 4.39 Å². The van der Waals surface area contributed by atoms with Gasteiger partial charge in [-0.25, -0.2) is 4.39 Å². The summed E-state index contributed by atoms with van der Waals surface area (Å²) in [5.41, 5.74) is 9.95. The maximum absolute atomic E-state index is 13.7. The standard InChI is InChI=1S/C18H20FNO/c1-11-8-18(16(12(2)20)10-17(11)19)21-15-7-6-13-4-3-5-14(13)9-15/h6-10,12H,3-5,20H2,1-2H3/t12-/m0/s1. The molecule has 0 radical (unpaired) electrons. The van der Waals surface area contributed by atoms with E-state index in [9.17, 15) is 4.39 Å². The van der Waals surface area contributed by atoms with Crippen molar-refractivity contribution in [3.8, 4) is 11.5 Å². The number of rotatable bonds is 3. The maximum atomic E-state index is 13.7. The van der Waals surface area contributed by atoms with Crippen LogP contribution in [0.15, 0.2) is 30.3 Å². The molecular formula is C18H20FNO. The van der Waals surface area contributed by atoms with Gasteiger partial charge in [-0.3, -0.25) is 0 Å². The summed E-state index contributed by atoms with van der Waals surface area (Å²) in [7, 11) is 0. The van der Waals surface area contributed by atoms with Crippen molar-refractivity contribution in [1.29, 1.82) is 0 Å². The van der Waals surface area contributed by atoms with E-state index in [1.165, 1.54) is 23.6 Å². The maximum Gasteiger partial charge on any atom is 0.132 e. The Labute approximate surface area is 124 Å². The molecule has 1 atom stereocenters. The SMILES string of the molecule is Cc1cc(Oc2ccc3c(c2)CCC3)c([C@H](C)N)cc1F. The highest BCUT2D eigenvalue weighted by Crippen LogP contribution is 2.33. The fraction of sp³-hybridized carbons (Fsp3) is 0.333. The number of halogens is 1. The van der Waals surface area contributed by atoms with E-state index in [1.54, 1.807) is 13.0 Å². The molecule has 2 nitrogen and oxygen atoms in total. The van der Waals surface area contributed by atoms with Crippen molar-refractivity contribution in [2.75, 3.05) is 0 Å². The first-order valence-corrected chi connectivity index (χ1v) is 7.40. The fourth-order valence-electron chi connectivity index (χ4n) is 2.85. The number of benzene rings is 2. The van der Waals surface area contributed by atoms with Crippen LogP contribution in [0.3, 0.4) is 0 Å². The normalized spacial score (nSPS) is 14.9. The van der Waals surface area contributed by atoms with E-state index in [0.29, 0.717) is 16.9 Å². The Bertz CT molecular complexity index is 679. The van der Waals surface area contributed by atoms with Gasteiger partial charge in [-0.2, -0.15) is 0 Å². The minimum atomic E-state index is -0.274. The highest BCUT2D eigenvalue weighted by Gasteiger charge is 2.15. The fourth-order valence-corrected chi connectivity index (χ4v) is 2.85. The zero-order chi connectivity index (χ0) is 15.0. The Kier molecular flexibility index (Phi) is 3.68. The topological polar surface area (TPSA) is 35.2 Å². The Morgan fingerprint density at radius 1 is 1.14 bits per heavy atom. The zero-order valence-corrected chi connectivity index (χ0v) is 12.4. The van der Waals surface area contributed by atoms with E-state index in [4.69, 9.17) is 10.5 Å². The van der Waals surface area contributed by atoms with Gasteiger partial charge in [0.15, 0.2) is 0 Å². The molecule has 21 heavy (non-hydrogen) atoms. The van der Waals surface area contributed by atoms with Gasteiger partial charge < -0.3 is 10.5 Å². The lowest BCUT2D eigenvalue weighted by atomic mass is 10.0. The summed E-state index contributed by atoms with van der Waals surface area (Å²) in [6, 6.07) is 9.12. The number of fused-ring (bicyclic) bond motifs is 1. The van der Waals surface area contributed by atoms with Crippen LogP contribution >= 0.6 is 0 Å². The number of hydrogen-bond donors (Lipinski definition) is 1. The lowest BCUT2D eigenvalue weighted by Crippen LogP contribution is -2.08. The third-order valence-electron chi connectivity index (χ3n) is 4.08. The van der Waals surface area contributed by atoms with Crippen molar-refractivity contribution in [2.45, 2.75) is 39.2 Å². The summed E-state index contributed by atoms with van der Waals surface area (Å²) in [5, 5.41) is 0. The van der Waals surface area contributed by atoms with Gasteiger partial charge in [0.25, 0.3) is 0 Å². The summed E-state index contributed by atoms with van der Waals surface area (Å²) < 4.78 is 19.7. The van der Waals surface area contributed by atoms with Crippen LogP contribution in [-0.4, -0.2) is 0 Å². The largest absolute Gasteiger partial charge is 0.457 e. The average molecular weight is 285 g/mol. The average Bonchev–Trinajstić information content (AvgIpc) is 2.89. The molecule has 3 rings (SSSR count). The van der Waals surface area contributed by atoms with Crippen molar-refractivity contribution < 1.29 is 9.13 Å². The number of ether oxygens (including phenoxy) is 1. The van der Waals surface area contributed by atoms with Crippen molar-refractivity contribution in [3.05, 3.63) is 58.4 Å². The lowest BCUT2D eigenvalue weighted by Gasteiger charge is -2.16. The molecule has 3 heteroatoms. The van der Waals surface area contributed by atoms with Gasteiger partial charge in [-0.1, -0.05) is 6.07 Å². The molecule has 0 aromatic heterocycles. The van der Waals surface area contributed by atoms with Crippen LogP contribution in [-0.2, 0) is 12.8 Å². The minimum absolute atomic E-state index is 0.247. The number of hydrogen-bond acceptors (Lipinski definition) is 2. The second kappa shape index (κ2) is 5.49. The molecule has 0 spiro atoms. The Morgan fingerprint density at radius 2 is 1.90 bits per heavy atom. The van der Waals surface area contributed by atoms with E-state index in [-0.39, 0.29) is 11.9 Å². The summed E-state index contributed by atoms with van der Waals surface area (Å²) in [6.07, 6.45) is 3.46. The number of aryl methyl sites for hydroxylation is 3. The molecule has 2 aromatic rings. The molecule has 110 valence electrons. The molecule has 0 aliphatic heterocycles. The van der Waals surface area contributed by atoms with Gasteiger partial charge in [0, 0.05) is 11.6 Å². The molecular weight excluding hydrogens is 265 g/mol. The van der Waals surface area contributed by atoms with Gasteiger partial charge >= 0.3 is 0 Å². The van der Waals surface area contributed by atoms with E-state index in [2.05, 4.69) is 12.1 Å². The van der Waals surface area contributed by atoms with E-state index in [0.717, 1.165) is 18.6 Å². The van der Waals surface area contributed by atoms with Crippen molar-refractivity contribution in [1.82, 2.24) is 0 Å². The summed E-state index contributed by atoms with van der Waals surface area (Å²) in [6.45, 7) is 3.56. The first kappa shape index (κ1) is 14.1. The smallest absolute Gasteiger partial charge is 0.132 e. The quantitative estimate of drug-likeness (QED) is 0.905. The van der Waals surface area contributed by atoms with Crippen LogP contribution < -0.4 is 10.5 Å². The molecule has 0 amide bonds. The van der Waals surface area contributed by atoms with Crippen molar-refractivity contribution >= 4 is 0 Å². The highest BCUT2D eigenvalue weighted by molar-refractivity contribution is 5.45. The minimum Gasteiger partial charge on any atom is -0.457 e. The van der Waals surface area contributed by atoms with Gasteiger partial charge in [-0.15, -0.1) is 0 Å². The third kappa shape index (κ3) is 2.79. The second-order valence-electron chi connectivity index (χ2n) is 5.81. The van der Waals surface area contributed by atoms with Crippen LogP contribution in [0, 0.1) is 12.7 Å². The molecule has 0 bridgehead atoms. The Hall–Kier alpha value is -1.87. The molecule has 2 N–H and O–H groups in total. The first-order valence-electron chi connectivity index (χ1n) is 7.40. The third-order valence-corrected chi connectivity index (χ3v) is 4.08. The molecule has 1 aliphatic rings. The van der Waals surface area contributed by atoms with Crippen molar-refractivity contribution in [3.63, 3.8) is 0 Å². The molecule has 0 unspecified atom stereocenters. The van der Waals surface area contributed by atoms with E-state index in [1.807, 2.05) is 13.0 Å². The molecule has 0 heterocycles. The first-order chi connectivity index (χ1) is 10.0. The van der Waals surface area contributed by atoms with Crippen LogP contribution in [0.1, 0.15) is 41.6 Å². The lowest BCUT2D eigenvalue weighted by molar-refractivity contribution is 0.467. The van der Waals surface area contributed by atoms with E-state index >= 15 is 0 Å². The Morgan fingerprint density at radius 3 is 2.67 bits per heavy atom. The van der Waals surface area contributed by atoms with Gasteiger partial charge in [-0.05, 0) is 74.1 Å². The summed E-state index contributed by atoms with van der Waals surface area (Å²) in [4.78, 5) is 0. The predicted molar refractivity (Wildman–Crippen MR) is 82.3 cm³/mol. The van der Waals surface area contributed by atoms with Crippen LogP contribution in [0.25, 0.3) is 0 Å². The van der Waals surface area contributed by atoms with Crippen LogP contribution in [0.2, 0.25) is 0 Å². The van der Waals surface area contributed by atoms with Crippen molar-refractivity contribution in [2.24, 2.45) is 5.73 Å². The summed E-state index contributed by atoms with van der Waals surface area (Å²) >= 11 is 0. The second-order valence-corrected chi connectivity index (χ2v) is 5.81. The number of nitrogens with two attached hydrogens (primary N) is 1. The molecule has 1 aliphatic carbocycles. The Balaban J connectivity index is 1.95. The molecule has 0 fully saturated rings. The zero-order valence-electron chi connectivity index (χ0n) is 12.4. The van der Waals surface area contributed by atoms with Crippen LogP contribution in [0.5, 0.6) is 11.5 Å². The monoisotopic (exact) mass is 285 g/mol. The summed E-state index contributed by atoms with van der Waals surface area (Å²) in [5.74, 6) is 1.19. The highest BCUT2D eigenvalue weighted by atomic mass is 19.1. The molecule has 0 saturated heterocycles. The predicted octanol–water partition coefficient (Wildman–Crippen LogP) is 4.43.